The topological polar surface area (TPSA) is 108 Å². The van der Waals surface area contributed by atoms with Crippen LogP contribution in [0.2, 0.25) is 0 Å². The fourth-order valence-electron chi connectivity index (χ4n) is 1.83. The van der Waals surface area contributed by atoms with E-state index in [1.54, 1.807) is 31.2 Å². The SMILES string of the molecule is CC(NS(=O)(=O)Cc1cccc(CO)c1)c1ncn[nH]1. The van der Waals surface area contributed by atoms with Crippen LogP contribution in [0.1, 0.15) is 29.9 Å². The molecule has 0 spiro atoms. The predicted molar refractivity (Wildman–Crippen MR) is 72.9 cm³/mol. The highest BCUT2D eigenvalue weighted by atomic mass is 32.2. The van der Waals surface area contributed by atoms with E-state index in [2.05, 4.69) is 19.9 Å². The largest absolute Gasteiger partial charge is 0.392 e. The quantitative estimate of drug-likeness (QED) is 0.718. The maximum absolute atomic E-state index is 12.1. The van der Waals surface area contributed by atoms with Gasteiger partial charge in [-0.3, -0.25) is 5.10 Å². The summed E-state index contributed by atoms with van der Waals surface area (Å²) in [6.07, 6.45) is 1.32. The number of rotatable bonds is 6. The summed E-state index contributed by atoms with van der Waals surface area (Å²) in [6.45, 7) is 1.57. The van der Waals surface area contributed by atoms with Crippen molar-refractivity contribution in [1.29, 1.82) is 0 Å². The molecule has 1 atom stereocenters. The molecule has 0 amide bonds. The molecule has 0 bridgehead atoms. The van der Waals surface area contributed by atoms with Crippen molar-refractivity contribution >= 4 is 10.0 Å². The van der Waals surface area contributed by atoms with Crippen LogP contribution in [-0.2, 0) is 22.4 Å². The van der Waals surface area contributed by atoms with Crippen molar-refractivity contribution < 1.29 is 13.5 Å². The van der Waals surface area contributed by atoms with Crippen LogP contribution in [0.25, 0.3) is 0 Å². The Hall–Kier alpha value is -1.77. The number of aromatic amines is 1. The highest BCUT2D eigenvalue weighted by Gasteiger charge is 2.18. The van der Waals surface area contributed by atoms with E-state index in [4.69, 9.17) is 5.11 Å². The lowest BCUT2D eigenvalue weighted by molar-refractivity contribution is 0.282. The molecule has 0 fully saturated rings. The summed E-state index contributed by atoms with van der Waals surface area (Å²) in [5.74, 6) is 0.303. The standard InChI is InChI=1S/C12H16N4O3S/c1-9(12-13-8-14-15-12)16-20(18,19)7-11-4-2-3-10(5-11)6-17/h2-5,8-9,16-17H,6-7H2,1H3,(H,13,14,15). The van der Waals surface area contributed by atoms with Crippen molar-refractivity contribution in [3.63, 3.8) is 0 Å². The van der Waals surface area contributed by atoms with E-state index in [-0.39, 0.29) is 12.4 Å². The number of nitrogens with one attached hydrogen (secondary N) is 2. The van der Waals surface area contributed by atoms with Gasteiger partial charge in [0.05, 0.1) is 18.4 Å². The number of aromatic nitrogens is 3. The molecular formula is C12H16N4O3S. The van der Waals surface area contributed by atoms with Gasteiger partial charge in [0, 0.05) is 0 Å². The molecule has 2 rings (SSSR count). The molecule has 7 nitrogen and oxygen atoms in total. The van der Waals surface area contributed by atoms with E-state index in [9.17, 15) is 8.42 Å². The fourth-order valence-corrected chi connectivity index (χ4v) is 3.18. The number of nitrogens with zero attached hydrogens (tertiary/aromatic N) is 2. The monoisotopic (exact) mass is 296 g/mol. The molecule has 0 aliphatic carbocycles. The zero-order chi connectivity index (χ0) is 14.6. The second-order valence-corrected chi connectivity index (χ2v) is 6.20. The van der Waals surface area contributed by atoms with E-state index in [1.807, 2.05) is 0 Å². The van der Waals surface area contributed by atoms with Crippen LogP contribution in [-0.4, -0.2) is 28.7 Å². The summed E-state index contributed by atoms with van der Waals surface area (Å²) in [5, 5.41) is 15.3. The van der Waals surface area contributed by atoms with Crippen molar-refractivity contribution in [3.05, 3.63) is 47.5 Å². The average Bonchev–Trinajstić information content (AvgIpc) is 2.91. The van der Waals surface area contributed by atoms with Crippen molar-refractivity contribution in [3.8, 4) is 0 Å². The van der Waals surface area contributed by atoms with E-state index in [0.717, 1.165) is 0 Å². The smallest absolute Gasteiger partial charge is 0.216 e. The summed E-state index contributed by atoms with van der Waals surface area (Å²) in [6, 6.07) is 6.34. The van der Waals surface area contributed by atoms with Gasteiger partial charge in [0.25, 0.3) is 0 Å². The van der Waals surface area contributed by atoms with Gasteiger partial charge in [0.1, 0.15) is 12.2 Å². The van der Waals surface area contributed by atoms with Crippen LogP contribution in [0.15, 0.2) is 30.6 Å². The van der Waals surface area contributed by atoms with E-state index >= 15 is 0 Å². The molecule has 1 aromatic carbocycles. The van der Waals surface area contributed by atoms with Gasteiger partial charge in [-0.15, -0.1) is 0 Å². The Morgan fingerprint density at radius 2 is 2.15 bits per heavy atom. The number of hydrogen-bond donors (Lipinski definition) is 3. The predicted octanol–water partition coefficient (Wildman–Crippen LogP) is 0.478. The molecule has 0 saturated heterocycles. The van der Waals surface area contributed by atoms with Gasteiger partial charge < -0.3 is 5.11 Å². The Kier molecular flexibility index (Phi) is 4.48. The van der Waals surface area contributed by atoms with Gasteiger partial charge in [0.15, 0.2) is 0 Å². The third-order valence-corrected chi connectivity index (χ3v) is 4.16. The van der Waals surface area contributed by atoms with Crippen LogP contribution in [0.5, 0.6) is 0 Å². The molecule has 2 aromatic rings. The lowest BCUT2D eigenvalue weighted by Gasteiger charge is -2.12. The molecule has 0 aliphatic heterocycles. The second-order valence-electron chi connectivity index (χ2n) is 4.45. The minimum absolute atomic E-state index is 0.115. The third kappa shape index (κ3) is 3.86. The molecule has 8 heteroatoms. The van der Waals surface area contributed by atoms with E-state index < -0.39 is 16.1 Å². The average molecular weight is 296 g/mol. The molecule has 108 valence electrons. The van der Waals surface area contributed by atoms with Crippen LogP contribution >= 0.6 is 0 Å². The highest BCUT2D eigenvalue weighted by Crippen LogP contribution is 2.12. The number of aliphatic hydroxyl groups is 1. The first kappa shape index (κ1) is 14.6. The molecular weight excluding hydrogens is 280 g/mol. The molecule has 0 radical (unpaired) electrons. The fraction of sp³-hybridized carbons (Fsp3) is 0.333. The van der Waals surface area contributed by atoms with Gasteiger partial charge in [-0.05, 0) is 18.1 Å². The molecule has 20 heavy (non-hydrogen) atoms. The first-order valence-electron chi connectivity index (χ1n) is 6.04. The van der Waals surface area contributed by atoms with Crippen LogP contribution in [0.3, 0.4) is 0 Å². The zero-order valence-corrected chi connectivity index (χ0v) is 11.8. The first-order valence-corrected chi connectivity index (χ1v) is 7.69. The Labute approximate surface area is 117 Å². The lowest BCUT2D eigenvalue weighted by atomic mass is 10.1. The Balaban J connectivity index is 2.07. The van der Waals surface area contributed by atoms with Crippen molar-refractivity contribution in [1.82, 2.24) is 19.9 Å². The minimum Gasteiger partial charge on any atom is -0.392 e. The summed E-state index contributed by atoms with van der Waals surface area (Å²) in [7, 11) is -3.50. The van der Waals surface area contributed by atoms with Crippen molar-refractivity contribution in [2.24, 2.45) is 0 Å². The van der Waals surface area contributed by atoms with E-state index in [1.165, 1.54) is 6.33 Å². The van der Waals surface area contributed by atoms with Crippen LogP contribution in [0.4, 0.5) is 0 Å². The van der Waals surface area contributed by atoms with Crippen LogP contribution in [0, 0.1) is 0 Å². The number of sulfonamides is 1. The Morgan fingerprint density at radius 1 is 1.40 bits per heavy atom. The van der Waals surface area contributed by atoms with Crippen LogP contribution < -0.4 is 4.72 Å². The molecule has 1 aromatic heterocycles. The number of benzene rings is 1. The lowest BCUT2D eigenvalue weighted by Crippen LogP contribution is -2.28. The second kappa shape index (κ2) is 6.12. The summed E-state index contributed by atoms with van der Waals surface area (Å²) in [5.41, 5.74) is 1.30. The first-order chi connectivity index (χ1) is 9.50. The summed E-state index contributed by atoms with van der Waals surface area (Å²) >= 11 is 0. The molecule has 0 saturated carbocycles. The van der Waals surface area contributed by atoms with Gasteiger partial charge in [-0.2, -0.15) is 5.10 Å². The van der Waals surface area contributed by atoms with Gasteiger partial charge in [-0.1, -0.05) is 24.3 Å². The highest BCUT2D eigenvalue weighted by molar-refractivity contribution is 7.88. The molecule has 3 N–H and O–H groups in total. The number of aliphatic hydroxyl groups excluding tert-OH is 1. The van der Waals surface area contributed by atoms with Crippen molar-refractivity contribution in [2.45, 2.75) is 25.3 Å². The normalized spacial score (nSPS) is 13.3. The number of hydrogen-bond acceptors (Lipinski definition) is 5. The van der Waals surface area contributed by atoms with Gasteiger partial charge in [0.2, 0.25) is 10.0 Å². The van der Waals surface area contributed by atoms with Gasteiger partial charge in [-0.25, -0.2) is 18.1 Å². The number of H-pyrrole nitrogens is 1. The zero-order valence-electron chi connectivity index (χ0n) is 10.9. The van der Waals surface area contributed by atoms with E-state index in [0.29, 0.717) is 17.0 Å². The minimum atomic E-state index is -3.50. The Morgan fingerprint density at radius 3 is 2.80 bits per heavy atom. The summed E-state index contributed by atoms with van der Waals surface area (Å²) < 4.78 is 26.7. The van der Waals surface area contributed by atoms with Crippen molar-refractivity contribution in [2.75, 3.05) is 0 Å². The third-order valence-electron chi connectivity index (χ3n) is 2.73. The molecule has 0 aliphatic rings. The maximum atomic E-state index is 12.1. The Bertz CT molecular complexity index is 655. The van der Waals surface area contributed by atoms with Gasteiger partial charge >= 0.3 is 0 Å². The summed E-state index contributed by atoms with van der Waals surface area (Å²) in [4.78, 5) is 3.91. The molecule has 1 heterocycles. The molecule has 1 unspecified atom stereocenters. The maximum Gasteiger partial charge on any atom is 0.216 e.